The van der Waals surface area contributed by atoms with Gasteiger partial charge in [0.2, 0.25) is 0 Å². The molecule has 0 spiro atoms. The van der Waals surface area contributed by atoms with Crippen molar-refractivity contribution < 1.29 is 4.74 Å². The fourth-order valence-corrected chi connectivity index (χ4v) is 1.80. The van der Waals surface area contributed by atoms with Crippen molar-refractivity contribution in [3.63, 3.8) is 0 Å². The van der Waals surface area contributed by atoms with Crippen LogP contribution < -0.4 is 5.32 Å². The SMILES string of the molecule is N#CCCNCCOC1CCCCC1. The molecule has 0 heterocycles. The lowest BCUT2D eigenvalue weighted by Gasteiger charge is -2.21. The van der Waals surface area contributed by atoms with Crippen LogP contribution in [0.3, 0.4) is 0 Å². The van der Waals surface area contributed by atoms with Crippen LogP contribution in [0.5, 0.6) is 0 Å². The number of rotatable bonds is 6. The molecule has 1 saturated carbocycles. The van der Waals surface area contributed by atoms with Gasteiger partial charge in [0.1, 0.15) is 0 Å². The summed E-state index contributed by atoms with van der Waals surface area (Å²) in [4.78, 5) is 0. The minimum Gasteiger partial charge on any atom is -0.377 e. The highest BCUT2D eigenvalue weighted by Gasteiger charge is 2.12. The van der Waals surface area contributed by atoms with E-state index in [1.807, 2.05) is 0 Å². The summed E-state index contributed by atoms with van der Waals surface area (Å²) in [6.45, 7) is 2.44. The van der Waals surface area contributed by atoms with Gasteiger partial charge in [-0.1, -0.05) is 19.3 Å². The van der Waals surface area contributed by atoms with Crippen molar-refractivity contribution >= 4 is 0 Å². The Hall–Kier alpha value is -0.590. The van der Waals surface area contributed by atoms with Crippen LogP contribution in [0.15, 0.2) is 0 Å². The Balaban J connectivity index is 1.85. The molecule has 0 aromatic rings. The van der Waals surface area contributed by atoms with E-state index < -0.39 is 0 Å². The zero-order valence-corrected chi connectivity index (χ0v) is 8.80. The van der Waals surface area contributed by atoms with Crippen LogP contribution >= 0.6 is 0 Å². The molecule has 1 rings (SSSR count). The Morgan fingerprint density at radius 1 is 1.21 bits per heavy atom. The summed E-state index contributed by atoms with van der Waals surface area (Å²) in [5.74, 6) is 0. The highest BCUT2D eigenvalue weighted by Crippen LogP contribution is 2.19. The minimum atomic E-state index is 0.501. The van der Waals surface area contributed by atoms with Gasteiger partial charge in [0, 0.05) is 19.5 Å². The molecular formula is C11H20N2O. The Kier molecular flexibility index (Phi) is 6.38. The third kappa shape index (κ3) is 5.21. The number of nitrogens with one attached hydrogen (secondary N) is 1. The molecule has 0 amide bonds. The summed E-state index contributed by atoms with van der Waals surface area (Å²) < 4.78 is 5.72. The average molecular weight is 196 g/mol. The van der Waals surface area contributed by atoms with E-state index in [0.29, 0.717) is 12.5 Å². The fraction of sp³-hybridized carbons (Fsp3) is 0.909. The van der Waals surface area contributed by atoms with Crippen molar-refractivity contribution in [2.45, 2.75) is 44.6 Å². The van der Waals surface area contributed by atoms with Crippen LogP contribution in [-0.4, -0.2) is 25.8 Å². The van der Waals surface area contributed by atoms with Gasteiger partial charge in [0.25, 0.3) is 0 Å². The molecule has 0 unspecified atom stereocenters. The van der Waals surface area contributed by atoms with Crippen molar-refractivity contribution in [1.29, 1.82) is 5.26 Å². The van der Waals surface area contributed by atoms with Crippen LogP contribution in [0.4, 0.5) is 0 Å². The largest absolute Gasteiger partial charge is 0.377 e. The van der Waals surface area contributed by atoms with Gasteiger partial charge in [0.05, 0.1) is 18.8 Å². The van der Waals surface area contributed by atoms with Gasteiger partial charge in [0.15, 0.2) is 0 Å². The van der Waals surface area contributed by atoms with Crippen molar-refractivity contribution in [3.05, 3.63) is 0 Å². The van der Waals surface area contributed by atoms with Crippen LogP contribution in [0.2, 0.25) is 0 Å². The van der Waals surface area contributed by atoms with E-state index in [-0.39, 0.29) is 0 Å². The van der Waals surface area contributed by atoms with Crippen molar-refractivity contribution in [1.82, 2.24) is 5.32 Å². The summed E-state index contributed by atoms with van der Waals surface area (Å²) in [6.07, 6.45) is 7.58. The Morgan fingerprint density at radius 3 is 2.71 bits per heavy atom. The first-order chi connectivity index (χ1) is 6.93. The van der Waals surface area contributed by atoms with Gasteiger partial charge in [-0.05, 0) is 12.8 Å². The molecular weight excluding hydrogens is 176 g/mol. The third-order valence-electron chi connectivity index (χ3n) is 2.60. The molecule has 3 nitrogen and oxygen atoms in total. The molecule has 0 radical (unpaired) electrons. The number of nitriles is 1. The van der Waals surface area contributed by atoms with Crippen LogP contribution in [0.1, 0.15) is 38.5 Å². The molecule has 0 aromatic heterocycles. The van der Waals surface area contributed by atoms with Crippen LogP contribution in [-0.2, 0) is 4.74 Å². The number of ether oxygens (including phenoxy) is 1. The van der Waals surface area contributed by atoms with E-state index in [9.17, 15) is 0 Å². The molecule has 0 aromatic carbocycles. The lowest BCUT2D eigenvalue weighted by Crippen LogP contribution is -2.25. The minimum absolute atomic E-state index is 0.501. The molecule has 0 saturated heterocycles. The van der Waals surface area contributed by atoms with E-state index in [2.05, 4.69) is 11.4 Å². The van der Waals surface area contributed by atoms with Gasteiger partial charge >= 0.3 is 0 Å². The zero-order valence-electron chi connectivity index (χ0n) is 8.80. The smallest absolute Gasteiger partial charge is 0.0635 e. The first kappa shape index (κ1) is 11.5. The van der Waals surface area contributed by atoms with Gasteiger partial charge in [-0.15, -0.1) is 0 Å². The maximum Gasteiger partial charge on any atom is 0.0635 e. The van der Waals surface area contributed by atoms with Gasteiger partial charge < -0.3 is 10.1 Å². The maximum absolute atomic E-state index is 8.31. The average Bonchev–Trinajstić information content (AvgIpc) is 2.25. The topological polar surface area (TPSA) is 45.0 Å². The normalized spacial score (nSPS) is 17.9. The summed E-state index contributed by atoms with van der Waals surface area (Å²) in [5.41, 5.74) is 0. The molecule has 80 valence electrons. The summed E-state index contributed by atoms with van der Waals surface area (Å²) in [7, 11) is 0. The molecule has 1 fully saturated rings. The summed E-state index contributed by atoms with van der Waals surface area (Å²) in [6, 6.07) is 2.10. The third-order valence-corrected chi connectivity index (χ3v) is 2.60. The molecule has 14 heavy (non-hydrogen) atoms. The highest BCUT2D eigenvalue weighted by molar-refractivity contribution is 4.70. The van der Waals surface area contributed by atoms with Crippen LogP contribution in [0, 0.1) is 11.3 Å². The predicted molar refractivity (Wildman–Crippen MR) is 55.9 cm³/mol. The van der Waals surface area contributed by atoms with Gasteiger partial charge in [-0.2, -0.15) is 5.26 Å². The van der Waals surface area contributed by atoms with E-state index in [0.717, 1.165) is 19.7 Å². The number of hydrogen-bond acceptors (Lipinski definition) is 3. The first-order valence-electron chi connectivity index (χ1n) is 5.63. The molecule has 0 bridgehead atoms. The molecule has 0 atom stereocenters. The predicted octanol–water partition coefficient (Wildman–Crippen LogP) is 1.84. The monoisotopic (exact) mass is 196 g/mol. The van der Waals surface area contributed by atoms with Crippen molar-refractivity contribution in [3.8, 4) is 6.07 Å². The van der Waals surface area contributed by atoms with Crippen molar-refractivity contribution in [2.24, 2.45) is 0 Å². The quantitative estimate of drug-likeness (QED) is 0.659. The Labute approximate surface area is 86.4 Å². The Bertz CT molecular complexity index is 171. The summed E-state index contributed by atoms with van der Waals surface area (Å²) >= 11 is 0. The van der Waals surface area contributed by atoms with Crippen molar-refractivity contribution in [2.75, 3.05) is 19.7 Å². The van der Waals surface area contributed by atoms with Gasteiger partial charge in [-0.3, -0.25) is 0 Å². The first-order valence-corrected chi connectivity index (χ1v) is 5.63. The zero-order chi connectivity index (χ0) is 10.1. The summed E-state index contributed by atoms with van der Waals surface area (Å²) in [5, 5.41) is 11.5. The second-order valence-electron chi connectivity index (χ2n) is 3.79. The molecule has 1 N–H and O–H groups in total. The lowest BCUT2D eigenvalue weighted by atomic mass is 9.98. The number of hydrogen-bond donors (Lipinski definition) is 1. The fourth-order valence-electron chi connectivity index (χ4n) is 1.80. The van der Waals surface area contributed by atoms with E-state index in [1.165, 1.54) is 32.1 Å². The maximum atomic E-state index is 8.31. The molecule has 1 aliphatic rings. The van der Waals surface area contributed by atoms with Crippen LogP contribution in [0.25, 0.3) is 0 Å². The second-order valence-corrected chi connectivity index (χ2v) is 3.79. The second kappa shape index (κ2) is 7.78. The molecule has 1 aliphatic carbocycles. The molecule has 0 aliphatic heterocycles. The standard InChI is InChI=1S/C11H20N2O/c12-7-4-8-13-9-10-14-11-5-2-1-3-6-11/h11,13H,1-6,8-10H2. The number of nitrogens with zero attached hydrogens (tertiary/aromatic N) is 1. The highest BCUT2D eigenvalue weighted by atomic mass is 16.5. The van der Waals surface area contributed by atoms with E-state index in [1.54, 1.807) is 0 Å². The molecule has 3 heteroatoms. The van der Waals surface area contributed by atoms with Gasteiger partial charge in [-0.25, -0.2) is 0 Å². The lowest BCUT2D eigenvalue weighted by molar-refractivity contribution is 0.0304. The van der Waals surface area contributed by atoms with E-state index >= 15 is 0 Å². The van der Waals surface area contributed by atoms with E-state index in [4.69, 9.17) is 10.00 Å². The Morgan fingerprint density at radius 2 is 2.00 bits per heavy atom.